The molecule has 0 aliphatic heterocycles. The average Bonchev–Trinajstić information content (AvgIpc) is 3.43. The molecule has 102 valence electrons. The molecule has 2 saturated carbocycles. The highest BCUT2D eigenvalue weighted by atomic mass is 14.5. The predicted octanol–water partition coefficient (Wildman–Crippen LogP) is 5.23. The van der Waals surface area contributed by atoms with Crippen molar-refractivity contribution in [2.75, 3.05) is 0 Å². The third-order valence-corrected chi connectivity index (χ3v) is 5.56. The summed E-state index contributed by atoms with van der Waals surface area (Å²) >= 11 is 0. The molecule has 2 aromatic carbocycles. The zero-order valence-electron chi connectivity index (χ0n) is 12.0. The fourth-order valence-corrected chi connectivity index (χ4v) is 3.73. The van der Waals surface area contributed by atoms with Gasteiger partial charge in [0, 0.05) is 0 Å². The summed E-state index contributed by atoms with van der Waals surface area (Å²) in [5, 5.41) is 0. The van der Waals surface area contributed by atoms with E-state index in [4.69, 9.17) is 0 Å². The molecular formula is C20H22. The van der Waals surface area contributed by atoms with E-state index in [0.29, 0.717) is 10.8 Å². The van der Waals surface area contributed by atoms with Gasteiger partial charge in [-0.05, 0) is 60.5 Å². The lowest BCUT2D eigenvalue weighted by atomic mass is 9.83. The van der Waals surface area contributed by atoms with Crippen LogP contribution < -0.4 is 0 Å². The van der Waals surface area contributed by atoms with Crippen LogP contribution in [0.4, 0.5) is 0 Å². The first-order valence-corrected chi connectivity index (χ1v) is 7.94. The number of rotatable bonds is 5. The Morgan fingerprint density at radius 2 is 0.900 bits per heavy atom. The van der Waals surface area contributed by atoms with Gasteiger partial charge in [0.1, 0.15) is 0 Å². The second-order valence-electron chi connectivity index (χ2n) is 6.79. The van der Waals surface area contributed by atoms with Gasteiger partial charge in [-0.25, -0.2) is 0 Å². The molecule has 0 aromatic heterocycles. The first-order valence-electron chi connectivity index (χ1n) is 7.94. The molecule has 0 amide bonds. The van der Waals surface area contributed by atoms with Crippen LogP contribution in [0.2, 0.25) is 0 Å². The summed E-state index contributed by atoms with van der Waals surface area (Å²) in [7, 11) is 0. The molecule has 0 radical (unpaired) electrons. The SMILES string of the molecule is c1ccc(C2(CCC3(c4ccccc4)CC3)CC2)cc1. The first kappa shape index (κ1) is 12.2. The van der Waals surface area contributed by atoms with Crippen molar-refractivity contribution in [3.63, 3.8) is 0 Å². The smallest absolute Gasteiger partial charge is 0.00460 e. The van der Waals surface area contributed by atoms with E-state index in [0.717, 1.165) is 0 Å². The molecule has 0 atom stereocenters. The Morgan fingerprint density at radius 3 is 1.20 bits per heavy atom. The van der Waals surface area contributed by atoms with Crippen molar-refractivity contribution >= 4 is 0 Å². The van der Waals surface area contributed by atoms with Crippen molar-refractivity contribution in [1.82, 2.24) is 0 Å². The van der Waals surface area contributed by atoms with Gasteiger partial charge >= 0.3 is 0 Å². The quantitative estimate of drug-likeness (QED) is 0.692. The lowest BCUT2D eigenvalue weighted by molar-refractivity contribution is 0.506. The van der Waals surface area contributed by atoms with Crippen LogP contribution in [0.15, 0.2) is 60.7 Å². The van der Waals surface area contributed by atoms with E-state index in [1.807, 2.05) is 0 Å². The topological polar surface area (TPSA) is 0 Å². The highest BCUT2D eigenvalue weighted by molar-refractivity contribution is 5.34. The molecule has 0 N–H and O–H groups in total. The largest absolute Gasteiger partial charge is 0.0622 e. The van der Waals surface area contributed by atoms with Gasteiger partial charge < -0.3 is 0 Å². The van der Waals surface area contributed by atoms with Gasteiger partial charge in [-0.2, -0.15) is 0 Å². The Morgan fingerprint density at radius 1 is 0.550 bits per heavy atom. The lowest BCUT2D eigenvalue weighted by Crippen LogP contribution is -2.13. The molecule has 2 aliphatic carbocycles. The molecule has 20 heavy (non-hydrogen) atoms. The maximum absolute atomic E-state index is 2.33. The van der Waals surface area contributed by atoms with Crippen molar-refractivity contribution in [2.24, 2.45) is 0 Å². The standard InChI is InChI=1S/C20H22/c1-3-7-17(8-4-1)19(11-12-19)15-16-20(13-14-20)18-9-5-2-6-10-18/h1-10H,11-16H2. The van der Waals surface area contributed by atoms with E-state index >= 15 is 0 Å². The van der Waals surface area contributed by atoms with E-state index in [9.17, 15) is 0 Å². The summed E-state index contributed by atoms with van der Waals surface area (Å²) in [6, 6.07) is 22.4. The van der Waals surface area contributed by atoms with Gasteiger partial charge in [0.2, 0.25) is 0 Å². The summed E-state index contributed by atoms with van der Waals surface area (Å²) in [6.07, 6.45) is 8.30. The summed E-state index contributed by atoms with van der Waals surface area (Å²) in [4.78, 5) is 0. The van der Waals surface area contributed by atoms with Crippen molar-refractivity contribution in [3.8, 4) is 0 Å². The van der Waals surface area contributed by atoms with Crippen LogP contribution in [0.3, 0.4) is 0 Å². The Hall–Kier alpha value is -1.56. The summed E-state index contributed by atoms with van der Waals surface area (Å²) in [5.74, 6) is 0. The third-order valence-electron chi connectivity index (χ3n) is 5.56. The molecule has 0 heterocycles. The van der Waals surface area contributed by atoms with Gasteiger partial charge in [-0.1, -0.05) is 60.7 Å². The monoisotopic (exact) mass is 262 g/mol. The molecule has 2 aromatic rings. The number of hydrogen-bond donors (Lipinski definition) is 0. The van der Waals surface area contributed by atoms with Crippen molar-refractivity contribution in [2.45, 2.75) is 49.4 Å². The molecule has 4 rings (SSSR count). The van der Waals surface area contributed by atoms with Gasteiger partial charge in [0.05, 0.1) is 0 Å². The average molecular weight is 262 g/mol. The highest BCUT2D eigenvalue weighted by Crippen LogP contribution is 2.58. The zero-order valence-corrected chi connectivity index (χ0v) is 12.0. The molecule has 0 saturated heterocycles. The van der Waals surface area contributed by atoms with Crippen molar-refractivity contribution in [1.29, 1.82) is 0 Å². The Labute approximate surface area is 121 Å². The highest BCUT2D eigenvalue weighted by Gasteiger charge is 2.49. The van der Waals surface area contributed by atoms with E-state index in [-0.39, 0.29) is 0 Å². The minimum atomic E-state index is 0.519. The minimum Gasteiger partial charge on any atom is -0.0622 e. The van der Waals surface area contributed by atoms with E-state index in [1.54, 1.807) is 11.1 Å². The number of hydrogen-bond acceptors (Lipinski definition) is 0. The number of benzene rings is 2. The lowest BCUT2D eigenvalue weighted by Gasteiger charge is -2.21. The summed E-state index contributed by atoms with van der Waals surface area (Å²) in [5.41, 5.74) is 4.18. The van der Waals surface area contributed by atoms with Gasteiger partial charge in [0.15, 0.2) is 0 Å². The molecule has 0 nitrogen and oxygen atoms in total. The molecule has 2 fully saturated rings. The first-order chi connectivity index (χ1) is 9.83. The summed E-state index contributed by atoms with van der Waals surface area (Å²) in [6.45, 7) is 0. The van der Waals surface area contributed by atoms with Crippen LogP contribution in [-0.4, -0.2) is 0 Å². The molecular weight excluding hydrogens is 240 g/mol. The normalized spacial score (nSPS) is 21.4. The van der Waals surface area contributed by atoms with Crippen molar-refractivity contribution in [3.05, 3.63) is 71.8 Å². The molecule has 0 heteroatoms. The van der Waals surface area contributed by atoms with Crippen LogP contribution in [-0.2, 0) is 10.8 Å². The van der Waals surface area contributed by atoms with Crippen LogP contribution >= 0.6 is 0 Å². The molecule has 0 spiro atoms. The molecule has 0 bridgehead atoms. The Bertz CT molecular complexity index is 518. The summed E-state index contributed by atoms with van der Waals surface area (Å²) < 4.78 is 0. The maximum atomic E-state index is 2.33. The molecule has 2 aliphatic rings. The minimum absolute atomic E-state index is 0.519. The Kier molecular flexibility index (Phi) is 2.73. The van der Waals surface area contributed by atoms with Crippen LogP contribution in [0, 0.1) is 0 Å². The van der Waals surface area contributed by atoms with Crippen LogP contribution in [0.25, 0.3) is 0 Å². The van der Waals surface area contributed by atoms with Gasteiger partial charge in [0.25, 0.3) is 0 Å². The van der Waals surface area contributed by atoms with Crippen LogP contribution in [0.1, 0.15) is 49.7 Å². The predicted molar refractivity (Wildman–Crippen MR) is 83.9 cm³/mol. The molecule has 0 unspecified atom stereocenters. The van der Waals surface area contributed by atoms with E-state index in [2.05, 4.69) is 60.7 Å². The van der Waals surface area contributed by atoms with E-state index in [1.165, 1.54) is 38.5 Å². The second kappa shape index (κ2) is 4.48. The maximum Gasteiger partial charge on any atom is -0.00460 e. The second-order valence-corrected chi connectivity index (χ2v) is 6.79. The van der Waals surface area contributed by atoms with Crippen molar-refractivity contribution < 1.29 is 0 Å². The van der Waals surface area contributed by atoms with Crippen LogP contribution in [0.5, 0.6) is 0 Å². The third kappa shape index (κ3) is 2.08. The van der Waals surface area contributed by atoms with Gasteiger partial charge in [-0.3, -0.25) is 0 Å². The van der Waals surface area contributed by atoms with E-state index < -0.39 is 0 Å². The van der Waals surface area contributed by atoms with Gasteiger partial charge in [-0.15, -0.1) is 0 Å². The Balaban J connectivity index is 1.49. The zero-order chi connectivity index (χ0) is 13.5. The fourth-order valence-electron chi connectivity index (χ4n) is 3.73. The fraction of sp³-hybridized carbons (Fsp3) is 0.400.